The molecule has 2 aliphatic rings. The first kappa shape index (κ1) is 12.3. The normalized spacial score (nSPS) is 28.3. The minimum absolute atomic E-state index is 0.259. The molecule has 2 fully saturated rings. The smallest absolute Gasteiger partial charge is 0.0697 e. The Labute approximate surface area is 98.9 Å². The second-order valence-electron chi connectivity index (χ2n) is 5.45. The zero-order valence-corrected chi connectivity index (χ0v) is 10.6. The lowest BCUT2D eigenvalue weighted by molar-refractivity contribution is -0.135. The molecule has 0 aromatic heterocycles. The lowest BCUT2D eigenvalue weighted by Gasteiger charge is -2.47. The number of nitrogens with one attached hydrogen (secondary N) is 1. The first-order valence-electron chi connectivity index (χ1n) is 6.69. The highest BCUT2D eigenvalue weighted by Gasteiger charge is 2.42. The molecule has 16 heavy (non-hydrogen) atoms. The van der Waals surface area contributed by atoms with Crippen LogP contribution in [0.5, 0.6) is 0 Å². The maximum atomic E-state index is 5.90. The van der Waals surface area contributed by atoms with Crippen LogP contribution >= 0.6 is 0 Å². The topological polar surface area (TPSA) is 30.5 Å². The third kappa shape index (κ3) is 3.19. The summed E-state index contributed by atoms with van der Waals surface area (Å²) in [5, 5.41) is 3.60. The van der Waals surface area contributed by atoms with E-state index in [4.69, 9.17) is 9.47 Å². The number of hydrogen-bond acceptors (Lipinski definition) is 3. The van der Waals surface area contributed by atoms with Crippen LogP contribution in [0.15, 0.2) is 0 Å². The summed E-state index contributed by atoms with van der Waals surface area (Å²) in [4.78, 5) is 0. The highest BCUT2D eigenvalue weighted by atomic mass is 16.5. The average molecular weight is 227 g/mol. The van der Waals surface area contributed by atoms with Gasteiger partial charge in [0.05, 0.1) is 18.3 Å². The Hall–Kier alpha value is -0.120. The molecule has 94 valence electrons. The van der Waals surface area contributed by atoms with E-state index in [1.807, 2.05) is 0 Å². The third-order valence-electron chi connectivity index (χ3n) is 3.74. The van der Waals surface area contributed by atoms with E-state index in [1.165, 1.54) is 25.7 Å². The predicted molar refractivity (Wildman–Crippen MR) is 64.6 cm³/mol. The van der Waals surface area contributed by atoms with Gasteiger partial charge in [0.1, 0.15) is 0 Å². The van der Waals surface area contributed by atoms with Gasteiger partial charge in [0.25, 0.3) is 0 Å². The monoisotopic (exact) mass is 227 g/mol. The van der Waals surface area contributed by atoms with Crippen molar-refractivity contribution in [3.8, 4) is 0 Å². The standard InChI is InChI=1S/C13H25NO2/c1-11(2)15-9-7-14-12-4-8-16-13(10-12)5-3-6-13/h11-12,14H,3-10H2,1-2H3. The van der Waals surface area contributed by atoms with Gasteiger partial charge < -0.3 is 14.8 Å². The van der Waals surface area contributed by atoms with Gasteiger partial charge in [0.2, 0.25) is 0 Å². The van der Waals surface area contributed by atoms with E-state index in [2.05, 4.69) is 19.2 Å². The number of rotatable bonds is 5. The Kier molecular flexibility index (Phi) is 4.22. The summed E-state index contributed by atoms with van der Waals surface area (Å²) in [5.41, 5.74) is 0.259. The molecule has 3 nitrogen and oxygen atoms in total. The molecule has 1 spiro atoms. The van der Waals surface area contributed by atoms with Crippen LogP contribution in [0, 0.1) is 0 Å². The van der Waals surface area contributed by atoms with E-state index in [0.29, 0.717) is 12.1 Å². The maximum Gasteiger partial charge on any atom is 0.0697 e. The van der Waals surface area contributed by atoms with Gasteiger partial charge in [-0.25, -0.2) is 0 Å². The van der Waals surface area contributed by atoms with Crippen molar-refractivity contribution in [2.45, 2.75) is 63.7 Å². The van der Waals surface area contributed by atoms with Crippen molar-refractivity contribution >= 4 is 0 Å². The fraction of sp³-hybridized carbons (Fsp3) is 1.00. The molecule has 0 bridgehead atoms. The first-order chi connectivity index (χ1) is 7.70. The van der Waals surface area contributed by atoms with Crippen molar-refractivity contribution in [3.05, 3.63) is 0 Å². The van der Waals surface area contributed by atoms with Crippen molar-refractivity contribution in [2.75, 3.05) is 19.8 Å². The van der Waals surface area contributed by atoms with Crippen molar-refractivity contribution in [1.29, 1.82) is 0 Å². The average Bonchev–Trinajstić information content (AvgIpc) is 2.22. The molecule has 0 aromatic carbocycles. The van der Waals surface area contributed by atoms with E-state index in [-0.39, 0.29) is 5.60 Å². The summed E-state index contributed by atoms with van der Waals surface area (Å²) < 4.78 is 11.4. The van der Waals surface area contributed by atoms with Gasteiger partial charge in [0.15, 0.2) is 0 Å². The molecule has 1 atom stereocenters. The summed E-state index contributed by atoms with van der Waals surface area (Å²) >= 11 is 0. The molecule has 1 N–H and O–H groups in total. The molecule has 3 heteroatoms. The molecule has 1 heterocycles. The highest BCUT2D eigenvalue weighted by Crippen LogP contribution is 2.42. The predicted octanol–water partition coefficient (Wildman–Crippen LogP) is 2.10. The molecule has 1 aliphatic carbocycles. The van der Waals surface area contributed by atoms with Crippen LogP contribution in [-0.4, -0.2) is 37.5 Å². The Balaban J connectivity index is 1.62. The molecular formula is C13H25NO2. The molecule has 0 amide bonds. The van der Waals surface area contributed by atoms with Crippen molar-refractivity contribution in [1.82, 2.24) is 5.32 Å². The van der Waals surface area contributed by atoms with Crippen LogP contribution in [0.3, 0.4) is 0 Å². The van der Waals surface area contributed by atoms with Gasteiger partial charge >= 0.3 is 0 Å². The molecule has 1 saturated carbocycles. The second kappa shape index (κ2) is 5.48. The zero-order chi connectivity index (χ0) is 11.4. The Bertz CT molecular complexity index is 214. The van der Waals surface area contributed by atoms with Crippen molar-refractivity contribution < 1.29 is 9.47 Å². The Morgan fingerprint density at radius 3 is 2.88 bits per heavy atom. The van der Waals surface area contributed by atoms with Gasteiger partial charge in [-0.05, 0) is 46.0 Å². The maximum absolute atomic E-state index is 5.90. The quantitative estimate of drug-likeness (QED) is 0.730. The van der Waals surface area contributed by atoms with Crippen LogP contribution in [-0.2, 0) is 9.47 Å². The summed E-state index contributed by atoms with van der Waals surface area (Å²) in [7, 11) is 0. The summed E-state index contributed by atoms with van der Waals surface area (Å²) in [6, 6.07) is 0.643. The lowest BCUT2D eigenvalue weighted by Crippen LogP contribution is -2.51. The van der Waals surface area contributed by atoms with Gasteiger partial charge in [-0.2, -0.15) is 0 Å². The molecule has 1 saturated heterocycles. The van der Waals surface area contributed by atoms with Gasteiger partial charge in [-0.1, -0.05) is 0 Å². The SMILES string of the molecule is CC(C)OCCNC1CCOC2(CCC2)C1. The van der Waals surface area contributed by atoms with Crippen LogP contribution in [0.2, 0.25) is 0 Å². The Morgan fingerprint density at radius 1 is 1.44 bits per heavy atom. The van der Waals surface area contributed by atoms with Crippen molar-refractivity contribution in [2.24, 2.45) is 0 Å². The highest BCUT2D eigenvalue weighted by molar-refractivity contribution is 4.95. The zero-order valence-electron chi connectivity index (χ0n) is 10.6. The Morgan fingerprint density at radius 2 is 2.25 bits per heavy atom. The van der Waals surface area contributed by atoms with Crippen LogP contribution in [0.4, 0.5) is 0 Å². The largest absolute Gasteiger partial charge is 0.377 e. The first-order valence-corrected chi connectivity index (χ1v) is 6.69. The van der Waals surface area contributed by atoms with E-state index in [0.717, 1.165) is 26.2 Å². The van der Waals surface area contributed by atoms with Crippen LogP contribution in [0.25, 0.3) is 0 Å². The molecular weight excluding hydrogens is 202 g/mol. The van der Waals surface area contributed by atoms with Crippen molar-refractivity contribution in [3.63, 3.8) is 0 Å². The minimum Gasteiger partial charge on any atom is -0.377 e. The number of hydrogen-bond donors (Lipinski definition) is 1. The van der Waals surface area contributed by atoms with E-state index in [1.54, 1.807) is 0 Å². The summed E-state index contributed by atoms with van der Waals surface area (Å²) in [5.74, 6) is 0. The summed E-state index contributed by atoms with van der Waals surface area (Å²) in [6.45, 7) is 6.89. The molecule has 1 aliphatic heterocycles. The van der Waals surface area contributed by atoms with Gasteiger partial charge in [-0.3, -0.25) is 0 Å². The number of ether oxygens (including phenoxy) is 2. The lowest BCUT2D eigenvalue weighted by atomic mass is 9.74. The molecule has 0 radical (unpaired) electrons. The minimum atomic E-state index is 0.259. The fourth-order valence-corrected chi connectivity index (χ4v) is 2.68. The third-order valence-corrected chi connectivity index (χ3v) is 3.74. The molecule has 0 aromatic rings. The second-order valence-corrected chi connectivity index (χ2v) is 5.45. The molecule has 2 rings (SSSR count). The van der Waals surface area contributed by atoms with Crippen LogP contribution in [0.1, 0.15) is 46.0 Å². The van der Waals surface area contributed by atoms with E-state index >= 15 is 0 Å². The van der Waals surface area contributed by atoms with E-state index < -0.39 is 0 Å². The van der Waals surface area contributed by atoms with Crippen LogP contribution < -0.4 is 5.32 Å². The van der Waals surface area contributed by atoms with Gasteiger partial charge in [0, 0.05) is 19.2 Å². The molecule has 1 unspecified atom stereocenters. The summed E-state index contributed by atoms with van der Waals surface area (Å²) in [6.07, 6.45) is 6.59. The van der Waals surface area contributed by atoms with E-state index in [9.17, 15) is 0 Å². The van der Waals surface area contributed by atoms with Gasteiger partial charge in [-0.15, -0.1) is 0 Å². The fourth-order valence-electron chi connectivity index (χ4n) is 2.68.